The van der Waals surface area contributed by atoms with E-state index in [9.17, 15) is 0 Å². The van der Waals surface area contributed by atoms with Crippen molar-refractivity contribution in [2.75, 3.05) is 33.9 Å². The number of rotatable bonds is 7. The Kier molecular flexibility index (Phi) is 16.0. The van der Waals surface area contributed by atoms with Crippen LogP contribution in [0.15, 0.2) is 23.8 Å². The van der Waals surface area contributed by atoms with Gasteiger partial charge in [-0.3, -0.25) is 0 Å². The quantitative estimate of drug-likeness (QED) is 0.487. The molecule has 0 aromatic rings. The standard InChI is InChI=1S/C12H23NO.C2H6/c1-5-6-8-12(2)11-14-10-7-9-13(3)4;1-2/h5-6,8H,7,9-11H2,1-4H3;1-2H3/b6-5-,12-8-;. The van der Waals surface area contributed by atoms with Gasteiger partial charge in [-0.05, 0) is 46.5 Å². The molecule has 2 heteroatoms. The Morgan fingerprint density at radius 2 is 1.88 bits per heavy atom. The molecule has 0 fully saturated rings. The van der Waals surface area contributed by atoms with Gasteiger partial charge in [0, 0.05) is 6.61 Å². The first-order valence-electron chi connectivity index (χ1n) is 6.17. The molecule has 0 saturated carbocycles. The lowest BCUT2D eigenvalue weighted by Gasteiger charge is -2.09. The average Bonchev–Trinajstić information content (AvgIpc) is 2.28. The third-order valence-corrected chi connectivity index (χ3v) is 1.80. The largest absolute Gasteiger partial charge is 0.377 e. The first-order chi connectivity index (χ1) is 7.66. The number of ether oxygens (including phenoxy) is 1. The first kappa shape index (κ1) is 17.8. The molecule has 0 bridgehead atoms. The highest BCUT2D eigenvalue weighted by atomic mass is 16.5. The second-order valence-corrected chi connectivity index (χ2v) is 3.75. The van der Waals surface area contributed by atoms with Crippen LogP contribution in [0.25, 0.3) is 0 Å². The zero-order valence-electron chi connectivity index (χ0n) is 11.9. The van der Waals surface area contributed by atoms with Gasteiger partial charge in [-0.15, -0.1) is 0 Å². The van der Waals surface area contributed by atoms with Crippen LogP contribution in [-0.2, 0) is 4.74 Å². The van der Waals surface area contributed by atoms with Crippen LogP contribution >= 0.6 is 0 Å². The maximum atomic E-state index is 5.51. The highest BCUT2D eigenvalue weighted by Crippen LogP contribution is 1.95. The Bertz CT molecular complexity index is 183. The molecule has 0 N–H and O–H groups in total. The lowest BCUT2D eigenvalue weighted by molar-refractivity contribution is 0.146. The molecule has 0 aliphatic carbocycles. The minimum Gasteiger partial charge on any atom is -0.377 e. The van der Waals surface area contributed by atoms with Gasteiger partial charge in [0.2, 0.25) is 0 Å². The fourth-order valence-electron chi connectivity index (χ4n) is 1.02. The van der Waals surface area contributed by atoms with E-state index in [0.29, 0.717) is 0 Å². The molecule has 0 amide bonds. The lowest BCUT2D eigenvalue weighted by atomic mass is 10.3. The van der Waals surface area contributed by atoms with Crippen LogP contribution < -0.4 is 0 Å². The Morgan fingerprint density at radius 3 is 2.38 bits per heavy atom. The summed E-state index contributed by atoms with van der Waals surface area (Å²) in [7, 11) is 4.16. The van der Waals surface area contributed by atoms with Crippen molar-refractivity contribution in [3.63, 3.8) is 0 Å². The lowest BCUT2D eigenvalue weighted by Crippen LogP contribution is -2.15. The summed E-state index contributed by atoms with van der Waals surface area (Å²) in [4.78, 5) is 2.17. The molecule has 0 saturated heterocycles. The van der Waals surface area contributed by atoms with Gasteiger partial charge < -0.3 is 9.64 Å². The number of hydrogen-bond acceptors (Lipinski definition) is 2. The smallest absolute Gasteiger partial charge is 0.0677 e. The van der Waals surface area contributed by atoms with E-state index >= 15 is 0 Å². The minimum atomic E-state index is 0.748. The maximum Gasteiger partial charge on any atom is 0.0677 e. The van der Waals surface area contributed by atoms with Crippen LogP contribution in [0.1, 0.15) is 34.1 Å². The Morgan fingerprint density at radius 1 is 1.25 bits per heavy atom. The summed E-state index contributed by atoms with van der Waals surface area (Å²) in [6.07, 6.45) is 7.25. The van der Waals surface area contributed by atoms with Crippen molar-refractivity contribution in [1.29, 1.82) is 0 Å². The van der Waals surface area contributed by atoms with Gasteiger partial charge in [0.1, 0.15) is 0 Å². The Hall–Kier alpha value is -0.600. The summed E-state index contributed by atoms with van der Waals surface area (Å²) in [5, 5.41) is 0. The van der Waals surface area contributed by atoms with E-state index < -0.39 is 0 Å². The van der Waals surface area contributed by atoms with Gasteiger partial charge in [0.15, 0.2) is 0 Å². The SMILES string of the molecule is C/C=C\C=C(\C)COCCCN(C)C.CC. The first-order valence-corrected chi connectivity index (χ1v) is 6.17. The fraction of sp³-hybridized carbons (Fsp3) is 0.714. The molecule has 0 unspecified atom stereocenters. The van der Waals surface area contributed by atoms with Crippen molar-refractivity contribution in [2.24, 2.45) is 0 Å². The molecule has 96 valence electrons. The van der Waals surface area contributed by atoms with Crippen LogP contribution in [0.3, 0.4) is 0 Å². The van der Waals surface area contributed by atoms with Crippen molar-refractivity contribution in [3.8, 4) is 0 Å². The van der Waals surface area contributed by atoms with Crippen LogP contribution in [0.4, 0.5) is 0 Å². The molecule has 0 aliphatic rings. The summed E-state index contributed by atoms with van der Waals surface area (Å²) >= 11 is 0. The summed E-state index contributed by atoms with van der Waals surface area (Å²) in [6.45, 7) is 10.8. The van der Waals surface area contributed by atoms with E-state index in [4.69, 9.17) is 4.74 Å². The zero-order chi connectivity index (χ0) is 12.8. The summed E-state index contributed by atoms with van der Waals surface area (Å²) in [5.74, 6) is 0. The van der Waals surface area contributed by atoms with Gasteiger partial charge in [0.05, 0.1) is 6.61 Å². The molecule has 0 aliphatic heterocycles. The highest BCUT2D eigenvalue weighted by molar-refractivity contribution is 5.09. The summed E-state index contributed by atoms with van der Waals surface area (Å²) < 4.78 is 5.51. The van der Waals surface area contributed by atoms with Gasteiger partial charge in [-0.2, -0.15) is 0 Å². The van der Waals surface area contributed by atoms with Gasteiger partial charge >= 0.3 is 0 Å². The molecule has 0 radical (unpaired) electrons. The Labute approximate surface area is 102 Å². The van der Waals surface area contributed by atoms with E-state index in [1.165, 1.54) is 5.57 Å². The second-order valence-electron chi connectivity index (χ2n) is 3.75. The molecule has 0 aromatic heterocycles. The van der Waals surface area contributed by atoms with Crippen molar-refractivity contribution in [3.05, 3.63) is 23.8 Å². The fourth-order valence-corrected chi connectivity index (χ4v) is 1.02. The molecular formula is C14H29NO. The zero-order valence-corrected chi connectivity index (χ0v) is 11.9. The number of allylic oxidation sites excluding steroid dienone is 3. The van der Waals surface area contributed by atoms with E-state index in [0.717, 1.165) is 26.2 Å². The van der Waals surface area contributed by atoms with Crippen LogP contribution in [0.5, 0.6) is 0 Å². The van der Waals surface area contributed by atoms with Crippen molar-refractivity contribution in [1.82, 2.24) is 4.90 Å². The number of nitrogens with zero attached hydrogens (tertiary/aromatic N) is 1. The van der Waals surface area contributed by atoms with E-state index in [1.54, 1.807) is 0 Å². The van der Waals surface area contributed by atoms with Crippen LogP contribution in [0, 0.1) is 0 Å². The molecule has 0 rings (SSSR count). The molecule has 0 aromatic carbocycles. The molecule has 0 spiro atoms. The van der Waals surface area contributed by atoms with Crippen molar-refractivity contribution < 1.29 is 4.74 Å². The number of hydrogen-bond donors (Lipinski definition) is 0. The topological polar surface area (TPSA) is 12.5 Å². The van der Waals surface area contributed by atoms with E-state index in [1.807, 2.05) is 32.9 Å². The van der Waals surface area contributed by atoms with Crippen molar-refractivity contribution in [2.45, 2.75) is 34.1 Å². The summed E-state index contributed by atoms with van der Waals surface area (Å²) in [6, 6.07) is 0. The Balaban J connectivity index is 0. The molecule has 0 atom stereocenters. The second kappa shape index (κ2) is 14.4. The van der Waals surface area contributed by atoms with Crippen molar-refractivity contribution >= 4 is 0 Å². The molecule has 16 heavy (non-hydrogen) atoms. The highest BCUT2D eigenvalue weighted by Gasteiger charge is 1.92. The molecular weight excluding hydrogens is 198 g/mol. The third kappa shape index (κ3) is 15.9. The normalized spacial score (nSPS) is 11.8. The van der Waals surface area contributed by atoms with Gasteiger partial charge in [0.25, 0.3) is 0 Å². The predicted octanol–water partition coefficient (Wildman–Crippen LogP) is 3.50. The minimum absolute atomic E-state index is 0.748. The monoisotopic (exact) mass is 227 g/mol. The van der Waals surface area contributed by atoms with Gasteiger partial charge in [-0.1, -0.05) is 32.1 Å². The van der Waals surface area contributed by atoms with Crippen LogP contribution in [0.2, 0.25) is 0 Å². The van der Waals surface area contributed by atoms with E-state index in [-0.39, 0.29) is 0 Å². The van der Waals surface area contributed by atoms with Crippen LogP contribution in [-0.4, -0.2) is 38.8 Å². The average molecular weight is 227 g/mol. The summed E-state index contributed by atoms with van der Waals surface area (Å²) in [5.41, 5.74) is 1.27. The van der Waals surface area contributed by atoms with E-state index in [2.05, 4.69) is 32.0 Å². The molecule has 0 heterocycles. The predicted molar refractivity (Wildman–Crippen MR) is 73.9 cm³/mol. The third-order valence-electron chi connectivity index (χ3n) is 1.80. The van der Waals surface area contributed by atoms with Gasteiger partial charge in [-0.25, -0.2) is 0 Å². The molecule has 2 nitrogen and oxygen atoms in total. The maximum absolute atomic E-state index is 5.51.